The second-order valence-corrected chi connectivity index (χ2v) is 8.86. The number of aliphatic hydroxyl groups is 2. The van der Waals surface area contributed by atoms with Gasteiger partial charge in [-0.1, -0.05) is 44.1 Å². The molecule has 0 aliphatic heterocycles. The Kier molecular flexibility index (Phi) is 3.20. The zero-order chi connectivity index (χ0) is 15.7. The van der Waals surface area contributed by atoms with Crippen molar-refractivity contribution in [1.29, 1.82) is 0 Å². The Morgan fingerprint density at radius 2 is 1.91 bits per heavy atom. The molecule has 0 radical (unpaired) electrons. The molecule has 22 heavy (non-hydrogen) atoms. The monoisotopic (exact) mass is 302 g/mol. The van der Waals surface area contributed by atoms with E-state index in [0.717, 1.165) is 25.7 Å². The highest BCUT2D eigenvalue weighted by Crippen LogP contribution is 2.63. The van der Waals surface area contributed by atoms with Gasteiger partial charge in [-0.05, 0) is 61.7 Å². The number of rotatable bonds is 0. The first kappa shape index (κ1) is 15.0. The minimum Gasteiger partial charge on any atom is -0.392 e. The summed E-state index contributed by atoms with van der Waals surface area (Å²) in [5.41, 5.74) is 3.54. The fourth-order valence-electron chi connectivity index (χ4n) is 6.36. The van der Waals surface area contributed by atoms with Crippen molar-refractivity contribution in [3.63, 3.8) is 0 Å². The molecule has 4 aliphatic carbocycles. The van der Waals surface area contributed by atoms with Crippen LogP contribution < -0.4 is 0 Å². The van der Waals surface area contributed by atoms with Crippen molar-refractivity contribution in [2.45, 2.75) is 71.5 Å². The van der Waals surface area contributed by atoms with Crippen molar-refractivity contribution >= 4 is 0 Å². The van der Waals surface area contributed by atoms with E-state index in [0.29, 0.717) is 17.8 Å². The van der Waals surface area contributed by atoms with Gasteiger partial charge in [-0.3, -0.25) is 0 Å². The SMILES string of the molecule is CC1CC2CC(O)C=C[C@]2(C)[C@@H]2CC[C@@]3(C)C(=C12)CCC3O. The van der Waals surface area contributed by atoms with Crippen LogP contribution >= 0.6 is 0 Å². The van der Waals surface area contributed by atoms with Crippen LogP contribution in [0.5, 0.6) is 0 Å². The molecule has 0 bridgehead atoms. The average Bonchev–Trinajstić information content (AvgIpc) is 2.77. The summed E-state index contributed by atoms with van der Waals surface area (Å²) in [6, 6.07) is 0. The van der Waals surface area contributed by atoms with Crippen LogP contribution in [0.1, 0.15) is 59.3 Å². The normalized spacial score (nSPS) is 54.0. The highest BCUT2D eigenvalue weighted by Gasteiger charge is 2.55. The lowest BCUT2D eigenvalue weighted by Gasteiger charge is -2.56. The van der Waals surface area contributed by atoms with Crippen LogP contribution in [0, 0.1) is 28.6 Å². The van der Waals surface area contributed by atoms with Crippen molar-refractivity contribution in [2.24, 2.45) is 28.6 Å². The van der Waals surface area contributed by atoms with Crippen molar-refractivity contribution in [1.82, 2.24) is 0 Å². The highest BCUT2D eigenvalue weighted by molar-refractivity contribution is 5.37. The van der Waals surface area contributed by atoms with E-state index in [-0.39, 0.29) is 23.0 Å². The summed E-state index contributed by atoms with van der Waals surface area (Å²) < 4.78 is 0. The lowest BCUT2D eigenvalue weighted by Crippen LogP contribution is -2.48. The predicted molar refractivity (Wildman–Crippen MR) is 88.2 cm³/mol. The highest BCUT2D eigenvalue weighted by atomic mass is 16.3. The van der Waals surface area contributed by atoms with E-state index in [2.05, 4.69) is 26.8 Å². The smallest absolute Gasteiger partial charge is 0.0724 e. The summed E-state index contributed by atoms with van der Waals surface area (Å²) in [6.45, 7) is 7.10. The van der Waals surface area contributed by atoms with Crippen molar-refractivity contribution in [3.8, 4) is 0 Å². The fourth-order valence-corrected chi connectivity index (χ4v) is 6.36. The Hall–Kier alpha value is -0.600. The maximum absolute atomic E-state index is 10.5. The number of hydrogen-bond donors (Lipinski definition) is 2. The first-order valence-electron chi connectivity index (χ1n) is 9.15. The van der Waals surface area contributed by atoms with Gasteiger partial charge in [0.1, 0.15) is 0 Å². The summed E-state index contributed by atoms with van der Waals surface area (Å²) in [4.78, 5) is 0. The third kappa shape index (κ3) is 1.80. The van der Waals surface area contributed by atoms with Crippen LogP contribution in [0.4, 0.5) is 0 Å². The van der Waals surface area contributed by atoms with Gasteiger partial charge in [-0.2, -0.15) is 0 Å². The van der Waals surface area contributed by atoms with Gasteiger partial charge in [-0.15, -0.1) is 0 Å². The first-order valence-corrected chi connectivity index (χ1v) is 9.15. The Balaban J connectivity index is 1.82. The second-order valence-electron chi connectivity index (χ2n) is 8.86. The van der Waals surface area contributed by atoms with Gasteiger partial charge in [0, 0.05) is 5.41 Å². The van der Waals surface area contributed by atoms with Gasteiger partial charge in [0.15, 0.2) is 0 Å². The Labute approximate surface area is 134 Å². The minimum absolute atomic E-state index is 0.0428. The third-order valence-corrected chi connectivity index (χ3v) is 7.77. The first-order chi connectivity index (χ1) is 10.4. The molecule has 0 spiro atoms. The molecule has 2 fully saturated rings. The van der Waals surface area contributed by atoms with Gasteiger partial charge in [0.05, 0.1) is 12.2 Å². The van der Waals surface area contributed by atoms with Crippen LogP contribution in [-0.4, -0.2) is 22.4 Å². The molecular formula is C20H30O2. The maximum Gasteiger partial charge on any atom is 0.0724 e. The van der Waals surface area contributed by atoms with E-state index >= 15 is 0 Å². The van der Waals surface area contributed by atoms with Crippen LogP contribution in [0.15, 0.2) is 23.3 Å². The molecule has 0 aromatic rings. The van der Waals surface area contributed by atoms with Crippen LogP contribution in [0.3, 0.4) is 0 Å². The summed E-state index contributed by atoms with van der Waals surface area (Å²) in [6.07, 6.45) is 10.5. The molecule has 2 nitrogen and oxygen atoms in total. The summed E-state index contributed by atoms with van der Waals surface area (Å²) in [5.74, 6) is 1.84. The van der Waals surface area contributed by atoms with E-state index in [9.17, 15) is 10.2 Å². The maximum atomic E-state index is 10.5. The average molecular weight is 302 g/mol. The lowest BCUT2D eigenvalue weighted by molar-refractivity contribution is 0.0164. The third-order valence-electron chi connectivity index (χ3n) is 7.77. The molecule has 2 N–H and O–H groups in total. The summed E-state index contributed by atoms with van der Waals surface area (Å²) in [7, 11) is 0. The molecule has 0 saturated heterocycles. The van der Waals surface area contributed by atoms with Crippen LogP contribution in [0.25, 0.3) is 0 Å². The second kappa shape index (κ2) is 4.70. The number of aliphatic hydroxyl groups excluding tert-OH is 2. The van der Waals surface area contributed by atoms with Crippen LogP contribution in [-0.2, 0) is 0 Å². The van der Waals surface area contributed by atoms with E-state index in [1.165, 1.54) is 12.8 Å². The molecule has 4 rings (SSSR count). The van der Waals surface area contributed by atoms with E-state index < -0.39 is 0 Å². The Morgan fingerprint density at radius 1 is 1.14 bits per heavy atom. The molecule has 7 atom stereocenters. The molecule has 2 saturated carbocycles. The topological polar surface area (TPSA) is 40.5 Å². The van der Waals surface area contributed by atoms with Crippen molar-refractivity contribution in [3.05, 3.63) is 23.3 Å². The number of hydrogen-bond acceptors (Lipinski definition) is 2. The van der Waals surface area contributed by atoms with Crippen molar-refractivity contribution in [2.75, 3.05) is 0 Å². The van der Waals surface area contributed by atoms with E-state index in [1.54, 1.807) is 11.1 Å². The van der Waals surface area contributed by atoms with E-state index in [1.807, 2.05) is 6.08 Å². The molecule has 4 aliphatic rings. The van der Waals surface area contributed by atoms with Gasteiger partial charge >= 0.3 is 0 Å². The number of fused-ring (bicyclic) bond motifs is 4. The molecular weight excluding hydrogens is 272 g/mol. The van der Waals surface area contributed by atoms with Crippen molar-refractivity contribution < 1.29 is 10.2 Å². The zero-order valence-corrected chi connectivity index (χ0v) is 14.2. The predicted octanol–water partition coefficient (Wildman–Crippen LogP) is 3.84. The van der Waals surface area contributed by atoms with E-state index in [4.69, 9.17) is 0 Å². The Bertz CT molecular complexity index is 548. The molecule has 0 aromatic carbocycles. The molecule has 4 unspecified atom stereocenters. The largest absolute Gasteiger partial charge is 0.392 e. The molecule has 0 heterocycles. The molecule has 0 aromatic heterocycles. The quantitative estimate of drug-likeness (QED) is 0.668. The van der Waals surface area contributed by atoms with Gasteiger partial charge in [0.2, 0.25) is 0 Å². The molecule has 122 valence electrons. The molecule has 2 heteroatoms. The summed E-state index contributed by atoms with van der Waals surface area (Å²) >= 11 is 0. The van der Waals surface area contributed by atoms with Gasteiger partial charge < -0.3 is 10.2 Å². The standard InChI is InChI=1S/C20H30O2/c1-12-10-13-11-14(21)6-8-19(13,2)16-7-9-20(3)15(18(12)16)4-5-17(20)22/h6,8,12-14,16-17,21-22H,4-5,7,9-11H2,1-3H3/t12?,13?,14?,16-,17?,19+,20+/m1/s1. The molecule has 0 amide bonds. The zero-order valence-electron chi connectivity index (χ0n) is 14.2. The Morgan fingerprint density at radius 3 is 2.68 bits per heavy atom. The van der Waals surface area contributed by atoms with Crippen LogP contribution in [0.2, 0.25) is 0 Å². The van der Waals surface area contributed by atoms with Gasteiger partial charge in [-0.25, -0.2) is 0 Å². The number of allylic oxidation sites excluding steroid dienone is 2. The fraction of sp³-hybridized carbons (Fsp3) is 0.800. The van der Waals surface area contributed by atoms with Gasteiger partial charge in [0.25, 0.3) is 0 Å². The lowest BCUT2D eigenvalue weighted by atomic mass is 9.49. The minimum atomic E-state index is -0.248. The summed E-state index contributed by atoms with van der Waals surface area (Å²) in [5, 5.41) is 20.5.